The van der Waals surface area contributed by atoms with E-state index in [9.17, 15) is 18.0 Å². The summed E-state index contributed by atoms with van der Waals surface area (Å²) >= 11 is 0. The molecule has 1 aromatic carbocycles. The Labute approximate surface area is 158 Å². The number of aliphatic carboxylic acids is 1. The van der Waals surface area contributed by atoms with E-state index in [1.165, 1.54) is 29.6 Å². The number of urea groups is 1. The number of nitrogens with one attached hydrogen (secondary N) is 2. The molecule has 1 aliphatic heterocycles. The van der Waals surface area contributed by atoms with E-state index in [1.54, 1.807) is 0 Å². The second-order valence-electron chi connectivity index (χ2n) is 6.21. The zero-order valence-electron chi connectivity index (χ0n) is 15.2. The van der Waals surface area contributed by atoms with E-state index in [-0.39, 0.29) is 23.5 Å². The normalized spacial score (nSPS) is 15.6. The van der Waals surface area contributed by atoms with Crippen LogP contribution >= 0.6 is 0 Å². The summed E-state index contributed by atoms with van der Waals surface area (Å²) in [6.45, 7) is 0.912. The Morgan fingerprint density at radius 1 is 1.19 bits per heavy atom. The summed E-state index contributed by atoms with van der Waals surface area (Å²) in [6.07, 6.45) is 3.46. The van der Waals surface area contributed by atoms with Gasteiger partial charge in [0, 0.05) is 19.6 Å². The number of anilines is 1. The zero-order valence-corrected chi connectivity index (χ0v) is 16.0. The van der Waals surface area contributed by atoms with E-state index < -0.39 is 22.0 Å². The van der Waals surface area contributed by atoms with Gasteiger partial charge in [-0.15, -0.1) is 0 Å². The lowest BCUT2D eigenvalue weighted by atomic mass is 10.2. The van der Waals surface area contributed by atoms with Crippen molar-refractivity contribution >= 4 is 27.7 Å². The molecule has 0 atom stereocenters. The van der Waals surface area contributed by atoms with Gasteiger partial charge in [-0.2, -0.15) is 4.31 Å². The smallest absolute Gasteiger partial charge is 0.319 e. The molecule has 2 rings (SSSR count). The number of amides is 2. The molecule has 0 bridgehead atoms. The predicted octanol–water partition coefficient (Wildman–Crippen LogP) is 1.86. The fourth-order valence-corrected chi connectivity index (χ4v) is 4.37. The highest BCUT2D eigenvalue weighted by molar-refractivity contribution is 7.89. The molecule has 150 valence electrons. The van der Waals surface area contributed by atoms with Crippen LogP contribution in [0.2, 0.25) is 0 Å². The molecule has 0 saturated carbocycles. The summed E-state index contributed by atoms with van der Waals surface area (Å²) in [6, 6.07) is 3.65. The number of sulfonamides is 1. The standard InChI is InChI=1S/C17H25N3O6S/c1-26-15-7-6-13(27(24,25)20-10-4-2-3-5-11-20)12-14(15)19-17(23)18-9-8-16(21)22/h6-7,12H,2-5,8-11H2,1H3,(H,21,22)(H2,18,19,23). The first kappa shape index (κ1) is 21.0. The van der Waals surface area contributed by atoms with Crippen molar-refractivity contribution in [2.45, 2.75) is 37.0 Å². The van der Waals surface area contributed by atoms with E-state index in [0.29, 0.717) is 18.8 Å². The van der Waals surface area contributed by atoms with Gasteiger partial charge in [0.2, 0.25) is 10.0 Å². The average molecular weight is 399 g/mol. The molecular formula is C17H25N3O6S. The van der Waals surface area contributed by atoms with Gasteiger partial charge < -0.3 is 20.5 Å². The van der Waals surface area contributed by atoms with Gasteiger partial charge in [-0.25, -0.2) is 13.2 Å². The third-order valence-electron chi connectivity index (χ3n) is 4.25. The topological polar surface area (TPSA) is 125 Å². The van der Waals surface area contributed by atoms with Gasteiger partial charge in [0.15, 0.2) is 0 Å². The van der Waals surface area contributed by atoms with Crippen LogP contribution in [-0.2, 0) is 14.8 Å². The number of rotatable bonds is 7. The molecule has 1 aliphatic rings. The van der Waals surface area contributed by atoms with Crippen molar-refractivity contribution in [3.63, 3.8) is 0 Å². The number of hydrogen-bond acceptors (Lipinski definition) is 5. The first-order valence-corrected chi connectivity index (χ1v) is 10.2. The molecule has 3 N–H and O–H groups in total. The van der Waals surface area contributed by atoms with Crippen LogP contribution in [0.5, 0.6) is 5.75 Å². The lowest BCUT2D eigenvalue weighted by molar-refractivity contribution is -0.136. The minimum atomic E-state index is -3.67. The summed E-state index contributed by atoms with van der Waals surface area (Å²) in [5.41, 5.74) is 0.196. The number of benzene rings is 1. The molecule has 1 heterocycles. The largest absolute Gasteiger partial charge is 0.495 e. The highest BCUT2D eigenvalue weighted by Gasteiger charge is 2.26. The van der Waals surface area contributed by atoms with Gasteiger partial charge in [-0.05, 0) is 31.0 Å². The van der Waals surface area contributed by atoms with Gasteiger partial charge in [0.25, 0.3) is 0 Å². The van der Waals surface area contributed by atoms with Crippen molar-refractivity contribution in [3.05, 3.63) is 18.2 Å². The molecule has 1 saturated heterocycles. The van der Waals surface area contributed by atoms with Gasteiger partial charge in [-0.1, -0.05) is 12.8 Å². The Morgan fingerprint density at radius 3 is 2.44 bits per heavy atom. The molecule has 0 radical (unpaired) electrons. The molecule has 0 unspecified atom stereocenters. The third-order valence-corrected chi connectivity index (χ3v) is 6.14. The van der Waals surface area contributed by atoms with Gasteiger partial charge >= 0.3 is 12.0 Å². The second kappa shape index (κ2) is 9.56. The molecule has 1 aromatic rings. The third kappa shape index (κ3) is 5.83. The lowest BCUT2D eigenvalue weighted by Gasteiger charge is -2.21. The molecule has 10 heteroatoms. The molecule has 0 aliphatic carbocycles. The van der Waals surface area contributed by atoms with Crippen LogP contribution in [-0.4, -0.2) is 56.6 Å². The van der Waals surface area contributed by atoms with Crippen LogP contribution in [0.25, 0.3) is 0 Å². The van der Waals surface area contributed by atoms with Crippen molar-refractivity contribution in [2.75, 3.05) is 32.1 Å². The maximum absolute atomic E-state index is 12.9. The van der Waals surface area contributed by atoms with Crippen molar-refractivity contribution in [1.29, 1.82) is 0 Å². The summed E-state index contributed by atoms with van der Waals surface area (Å²) in [4.78, 5) is 22.5. The van der Waals surface area contributed by atoms with Crippen molar-refractivity contribution in [3.8, 4) is 5.75 Å². The Balaban J connectivity index is 2.18. The zero-order chi connectivity index (χ0) is 19.9. The highest BCUT2D eigenvalue weighted by Crippen LogP contribution is 2.29. The lowest BCUT2D eigenvalue weighted by Crippen LogP contribution is -2.32. The van der Waals surface area contributed by atoms with Crippen LogP contribution in [0.3, 0.4) is 0 Å². The first-order chi connectivity index (χ1) is 12.8. The van der Waals surface area contributed by atoms with E-state index in [2.05, 4.69) is 10.6 Å². The fourth-order valence-electron chi connectivity index (χ4n) is 2.83. The van der Waals surface area contributed by atoms with E-state index >= 15 is 0 Å². The highest BCUT2D eigenvalue weighted by atomic mass is 32.2. The summed E-state index contributed by atoms with van der Waals surface area (Å²) in [5, 5.41) is 13.5. The first-order valence-electron chi connectivity index (χ1n) is 8.79. The van der Waals surface area contributed by atoms with Crippen LogP contribution in [0.1, 0.15) is 32.1 Å². The monoisotopic (exact) mass is 399 g/mol. The van der Waals surface area contributed by atoms with Crippen LogP contribution in [0, 0.1) is 0 Å². The molecular weight excluding hydrogens is 374 g/mol. The van der Waals surface area contributed by atoms with Crippen molar-refractivity contribution in [1.82, 2.24) is 9.62 Å². The summed E-state index contributed by atoms with van der Waals surface area (Å²) in [5.74, 6) is -0.725. The van der Waals surface area contributed by atoms with Gasteiger partial charge in [0.1, 0.15) is 5.75 Å². The van der Waals surface area contributed by atoms with Crippen LogP contribution < -0.4 is 15.4 Å². The minimum Gasteiger partial charge on any atom is -0.495 e. The quantitative estimate of drug-likeness (QED) is 0.643. The maximum atomic E-state index is 12.9. The number of ether oxygens (including phenoxy) is 1. The Hall–Kier alpha value is -2.33. The van der Waals surface area contributed by atoms with Crippen molar-refractivity contribution in [2.24, 2.45) is 0 Å². The van der Waals surface area contributed by atoms with E-state index in [4.69, 9.17) is 9.84 Å². The number of hydrogen-bond donors (Lipinski definition) is 3. The van der Waals surface area contributed by atoms with Gasteiger partial charge in [-0.3, -0.25) is 4.79 Å². The molecule has 0 spiro atoms. The Bertz CT molecular complexity index is 773. The van der Waals surface area contributed by atoms with Crippen LogP contribution in [0.15, 0.2) is 23.1 Å². The molecule has 0 aromatic heterocycles. The second-order valence-corrected chi connectivity index (χ2v) is 8.14. The molecule has 2 amide bonds. The number of carbonyl (C=O) groups excluding carboxylic acids is 1. The number of nitrogens with zero attached hydrogens (tertiary/aromatic N) is 1. The van der Waals surface area contributed by atoms with Crippen molar-refractivity contribution < 1.29 is 27.9 Å². The van der Waals surface area contributed by atoms with Gasteiger partial charge in [0.05, 0.1) is 24.1 Å². The minimum absolute atomic E-state index is 0.0464. The maximum Gasteiger partial charge on any atom is 0.319 e. The molecule has 1 fully saturated rings. The predicted molar refractivity (Wildman–Crippen MR) is 99.5 cm³/mol. The fraction of sp³-hybridized carbons (Fsp3) is 0.529. The number of methoxy groups -OCH3 is 1. The van der Waals surface area contributed by atoms with E-state index in [1.807, 2.05) is 0 Å². The summed E-state index contributed by atoms with van der Waals surface area (Å²) < 4.78 is 32.5. The molecule has 9 nitrogen and oxygen atoms in total. The number of carbonyl (C=O) groups is 2. The van der Waals surface area contributed by atoms with Crippen LogP contribution in [0.4, 0.5) is 10.5 Å². The Morgan fingerprint density at radius 2 is 1.85 bits per heavy atom. The Kier molecular flexibility index (Phi) is 7.43. The SMILES string of the molecule is COc1ccc(S(=O)(=O)N2CCCCCC2)cc1NC(=O)NCCC(=O)O. The average Bonchev–Trinajstić information content (AvgIpc) is 2.91. The molecule has 27 heavy (non-hydrogen) atoms. The van der Waals surface area contributed by atoms with E-state index in [0.717, 1.165) is 25.7 Å². The number of carboxylic acids is 1. The summed E-state index contributed by atoms with van der Waals surface area (Å²) in [7, 11) is -2.26. The number of carboxylic acid groups (broad SMARTS) is 1.